The van der Waals surface area contributed by atoms with Crippen LogP contribution >= 0.6 is 11.3 Å². The summed E-state index contributed by atoms with van der Waals surface area (Å²) in [5, 5.41) is 20.7. The molecule has 56 heavy (non-hydrogen) atoms. The zero-order valence-electron chi connectivity index (χ0n) is 30.8. The number of benzene rings is 1. The number of likely N-dealkylation sites (tertiary alicyclic amines) is 2. The van der Waals surface area contributed by atoms with E-state index in [-0.39, 0.29) is 70.0 Å². The van der Waals surface area contributed by atoms with Crippen LogP contribution in [0.4, 0.5) is 26.3 Å². The molecule has 1 N–H and O–H groups in total. The number of para-hydroxylation sites is 1. The highest BCUT2D eigenvalue weighted by Gasteiger charge is 2.57. The average Bonchev–Trinajstić information content (AvgIpc) is 3.64. The highest BCUT2D eigenvalue weighted by atomic mass is 32.1. The van der Waals surface area contributed by atoms with Crippen molar-refractivity contribution in [2.24, 2.45) is 0 Å². The van der Waals surface area contributed by atoms with Crippen LogP contribution in [-0.4, -0.2) is 75.1 Å². The van der Waals surface area contributed by atoms with Gasteiger partial charge in [0.05, 0.1) is 29.2 Å². The van der Waals surface area contributed by atoms with Crippen molar-refractivity contribution >= 4 is 29.1 Å². The van der Waals surface area contributed by atoms with Gasteiger partial charge in [0.15, 0.2) is 0 Å². The average molecular weight is 809 g/mol. The number of alkyl halides is 6. The minimum Gasteiger partial charge on any atom is -0.490 e. The highest BCUT2D eigenvalue weighted by molar-refractivity contribution is 7.10. The van der Waals surface area contributed by atoms with E-state index in [9.17, 15) is 46.0 Å². The molecule has 3 aromatic rings. The van der Waals surface area contributed by atoms with Gasteiger partial charge in [0.1, 0.15) is 22.1 Å². The Hall–Kier alpha value is -4.85. The minimum absolute atomic E-state index is 0.00267. The number of amides is 2. The molecule has 302 valence electrons. The van der Waals surface area contributed by atoms with Crippen molar-refractivity contribution in [3.63, 3.8) is 0 Å². The van der Waals surface area contributed by atoms with Gasteiger partial charge in [-0.1, -0.05) is 31.5 Å². The van der Waals surface area contributed by atoms with Gasteiger partial charge in [-0.05, 0) is 63.6 Å². The van der Waals surface area contributed by atoms with E-state index in [0.29, 0.717) is 41.9 Å². The smallest absolute Gasteiger partial charge is 0.425 e. The molecule has 0 aliphatic carbocycles. The number of hydrogen-bond acceptors (Lipinski definition) is 8. The molecular weight excluding hydrogens is 767 g/mol. The number of carboxylic acids is 1. The van der Waals surface area contributed by atoms with Gasteiger partial charge in [-0.25, -0.2) is 0 Å². The van der Waals surface area contributed by atoms with Crippen LogP contribution in [0.25, 0.3) is 0 Å². The molecule has 2 aliphatic heterocycles. The lowest BCUT2D eigenvalue weighted by atomic mass is 9.72. The molecule has 2 aliphatic rings. The third-order valence-electron chi connectivity index (χ3n) is 10.4. The van der Waals surface area contributed by atoms with Crippen LogP contribution in [0.3, 0.4) is 0 Å². The van der Waals surface area contributed by atoms with Gasteiger partial charge >= 0.3 is 18.3 Å². The molecule has 0 radical (unpaired) electrons. The quantitative estimate of drug-likeness (QED) is 0.170. The second-order valence-corrected chi connectivity index (χ2v) is 15.0. The lowest BCUT2D eigenvalue weighted by molar-refractivity contribution is -0.160. The molecule has 10 nitrogen and oxygen atoms in total. The lowest BCUT2D eigenvalue weighted by Crippen LogP contribution is -2.68. The molecule has 5 rings (SSSR count). The van der Waals surface area contributed by atoms with E-state index in [4.69, 9.17) is 14.6 Å². The summed E-state index contributed by atoms with van der Waals surface area (Å²) in [6, 6.07) is 10.7. The number of aromatic nitrogens is 1. The normalized spacial score (nSPS) is 20.5. The van der Waals surface area contributed by atoms with E-state index in [1.54, 1.807) is 38.1 Å². The van der Waals surface area contributed by atoms with E-state index in [0.717, 1.165) is 34.7 Å². The summed E-state index contributed by atoms with van der Waals surface area (Å²) in [6.07, 6.45) is -7.46. The molecular formula is C39H42F6N4O6S. The van der Waals surface area contributed by atoms with E-state index >= 15 is 0 Å². The van der Waals surface area contributed by atoms with Crippen LogP contribution in [0.15, 0.2) is 54.0 Å². The van der Waals surface area contributed by atoms with Crippen LogP contribution in [-0.2, 0) is 27.4 Å². The monoisotopic (exact) mass is 808 g/mol. The Morgan fingerprint density at radius 2 is 1.77 bits per heavy atom. The van der Waals surface area contributed by atoms with Crippen molar-refractivity contribution < 1.29 is 55.3 Å². The Bertz CT molecular complexity index is 1920. The Labute approximate surface area is 324 Å². The van der Waals surface area contributed by atoms with E-state index in [1.165, 1.54) is 4.90 Å². The fraction of sp³-hybridized carbons (Fsp3) is 0.513. The summed E-state index contributed by atoms with van der Waals surface area (Å²) >= 11 is 0.361. The second kappa shape index (κ2) is 17.1. The standard InChI is InChI=1S/C39H42F6N4O6S/c1-3-9-30-37(55-26-22-31(56-23-26)39(43,44)45,15-8-19-49(30)34(52)33-28(38(40,41)42)12-7-18-47-33)35(53)48-20-16-36(24-46,17-21-48)27-11-4-5-13-29(27)54-25(2)10-6-14-32(50)51/h4-5,7,11-13,18,22-23,25,30H,3,6,8-10,14-17,19-21H2,1-2H3,(H,50,51)/t25-,30-,37+/m1/s1. The van der Waals surface area contributed by atoms with Crippen molar-refractivity contribution in [3.05, 3.63) is 75.7 Å². The summed E-state index contributed by atoms with van der Waals surface area (Å²) in [5.74, 6) is -2.51. The molecule has 4 heterocycles. The first-order valence-electron chi connectivity index (χ1n) is 18.3. The van der Waals surface area contributed by atoms with Gasteiger partial charge in [0.2, 0.25) is 5.60 Å². The topological polar surface area (TPSA) is 133 Å². The first-order valence-corrected chi connectivity index (χ1v) is 19.2. The molecule has 0 saturated carbocycles. The highest BCUT2D eigenvalue weighted by Crippen LogP contribution is 2.45. The number of pyridine rings is 1. The van der Waals surface area contributed by atoms with Gasteiger partial charge in [0.25, 0.3) is 11.8 Å². The number of piperidine rings is 2. The second-order valence-electron chi connectivity index (χ2n) is 14.1. The van der Waals surface area contributed by atoms with Gasteiger partial charge in [-0.3, -0.25) is 19.4 Å². The summed E-state index contributed by atoms with van der Waals surface area (Å²) < 4.78 is 95.9. The number of hydrogen-bond donors (Lipinski definition) is 1. The summed E-state index contributed by atoms with van der Waals surface area (Å²) in [4.78, 5) is 45.4. The van der Waals surface area contributed by atoms with Crippen LogP contribution in [0.1, 0.15) is 98.1 Å². The molecule has 3 atom stereocenters. The molecule has 17 heteroatoms. The predicted molar refractivity (Wildman–Crippen MR) is 192 cm³/mol. The first kappa shape index (κ1) is 42.3. The molecule has 2 fully saturated rings. The number of nitrogens with zero attached hydrogens (tertiary/aromatic N) is 4. The fourth-order valence-corrected chi connectivity index (χ4v) is 8.33. The van der Waals surface area contributed by atoms with Gasteiger partial charge in [-0.15, -0.1) is 11.3 Å². The third kappa shape index (κ3) is 9.06. The van der Waals surface area contributed by atoms with Crippen LogP contribution in [0.2, 0.25) is 0 Å². The van der Waals surface area contributed by atoms with E-state index in [2.05, 4.69) is 11.1 Å². The first-order chi connectivity index (χ1) is 26.5. The van der Waals surface area contributed by atoms with Gasteiger partial charge in [0, 0.05) is 55.7 Å². The number of thiophene rings is 1. The van der Waals surface area contributed by atoms with Crippen molar-refractivity contribution in [1.82, 2.24) is 14.8 Å². The fourth-order valence-electron chi connectivity index (χ4n) is 7.66. The number of carboxylic acid groups (broad SMARTS) is 1. The summed E-state index contributed by atoms with van der Waals surface area (Å²) in [7, 11) is 0. The number of aliphatic carboxylic acids is 1. The van der Waals surface area contributed by atoms with Crippen LogP contribution in [0, 0.1) is 11.3 Å². The van der Waals surface area contributed by atoms with Crippen LogP contribution < -0.4 is 9.47 Å². The molecule has 2 aromatic heterocycles. The summed E-state index contributed by atoms with van der Waals surface area (Å²) in [6.45, 7) is 3.49. The Morgan fingerprint density at radius 1 is 1.05 bits per heavy atom. The Kier molecular flexibility index (Phi) is 12.9. The maximum absolute atomic E-state index is 15.0. The number of halogens is 6. The Balaban J connectivity index is 1.49. The number of nitriles is 1. The lowest BCUT2D eigenvalue weighted by Gasteiger charge is -2.51. The van der Waals surface area contributed by atoms with E-state index in [1.807, 2.05) is 0 Å². The van der Waals surface area contributed by atoms with Crippen molar-refractivity contribution in [3.8, 4) is 17.6 Å². The van der Waals surface area contributed by atoms with Crippen LogP contribution in [0.5, 0.6) is 11.5 Å². The maximum atomic E-state index is 15.0. The third-order valence-corrected chi connectivity index (χ3v) is 11.3. The minimum atomic E-state index is -4.92. The van der Waals surface area contributed by atoms with Gasteiger partial charge in [-0.2, -0.15) is 31.6 Å². The van der Waals surface area contributed by atoms with Crippen molar-refractivity contribution in [1.29, 1.82) is 5.26 Å². The molecule has 0 spiro atoms. The Morgan fingerprint density at radius 3 is 2.39 bits per heavy atom. The summed E-state index contributed by atoms with van der Waals surface area (Å²) in [5.41, 5.74) is -4.67. The predicted octanol–water partition coefficient (Wildman–Crippen LogP) is 8.51. The zero-order chi connectivity index (χ0) is 40.9. The molecule has 2 saturated heterocycles. The number of carbonyl (C=O) groups excluding carboxylic acids is 2. The number of rotatable bonds is 13. The molecule has 1 aromatic carbocycles. The molecule has 2 amide bonds. The number of ether oxygens (including phenoxy) is 2. The maximum Gasteiger partial charge on any atom is 0.425 e. The van der Waals surface area contributed by atoms with Crippen molar-refractivity contribution in [2.45, 2.75) is 107 Å². The van der Waals surface area contributed by atoms with Gasteiger partial charge < -0.3 is 24.4 Å². The SMILES string of the molecule is CCC[C@H]1N(C(=O)c2ncccc2C(F)(F)F)CCC[C@@]1(Oc1csc(C(F)(F)F)c1)C(=O)N1CCC(C#N)(c2ccccc2O[C@H](C)CCCC(=O)O)CC1. The molecule has 0 bridgehead atoms. The van der Waals surface area contributed by atoms with E-state index < -0.39 is 63.3 Å². The largest absolute Gasteiger partial charge is 0.490 e. The van der Waals surface area contributed by atoms with Crippen molar-refractivity contribution in [2.75, 3.05) is 19.6 Å². The molecule has 0 unspecified atom stereocenters. The number of carbonyl (C=O) groups is 3. The zero-order valence-corrected chi connectivity index (χ0v) is 31.6.